The number of benzene rings is 1. The van der Waals surface area contributed by atoms with Crippen molar-refractivity contribution >= 4 is 90.2 Å². The maximum Gasteiger partial charge on any atom is 0.479 e. The van der Waals surface area contributed by atoms with Gasteiger partial charge in [-0.2, -0.15) is 0 Å². The van der Waals surface area contributed by atoms with Crippen LogP contribution in [0, 0.1) is 0 Å². The van der Waals surface area contributed by atoms with Crippen molar-refractivity contribution in [3.8, 4) is 0 Å². The van der Waals surface area contributed by atoms with Gasteiger partial charge in [0.2, 0.25) is 0 Å². The molecule has 0 unspecified atom stereocenters. The van der Waals surface area contributed by atoms with Crippen molar-refractivity contribution in [1.29, 1.82) is 0 Å². The van der Waals surface area contributed by atoms with Gasteiger partial charge in [0.15, 0.2) is 0 Å². The Bertz CT molecular complexity index is 1190. The predicted octanol–water partition coefficient (Wildman–Crippen LogP) is 2.34. The molecule has 6 heterocycles. The lowest BCUT2D eigenvalue weighted by Crippen LogP contribution is -2.86. The van der Waals surface area contributed by atoms with E-state index in [-0.39, 0.29) is 10.9 Å². The molecule has 0 radical (unpaired) electrons. The number of hydrogen-bond acceptors (Lipinski definition) is 14. The average Bonchev–Trinajstić information content (AvgIpc) is 2.64. The topological polar surface area (TPSA) is 145 Å². The molecule has 0 atom stereocenters. The van der Waals surface area contributed by atoms with Gasteiger partial charge in [0.05, 0.1) is 4.90 Å². The fourth-order valence-corrected chi connectivity index (χ4v) is 52.3. The lowest BCUT2D eigenvalue weighted by molar-refractivity contribution is -0.0191. The van der Waals surface area contributed by atoms with Crippen LogP contribution in [0.4, 0.5) is 0 Å². The van der Waals surface area contributed by atoms with Crippen LogP contribution < -0.4 is 0 Å². The third kappa shape index (κ3) is 5.82. The molecule has 14 nitrogen and oxygen atoms in total. The van der Waals surface area contributed by atoms with Crippen LogP contribution >= 0.6 is 10.7 Å². The minimum Gasteiger partial charge on any atom is -0.374 e. The maximum absolute atomic E-state index is 11.7. The minimum atomic E-state index is -3.85. The largest absolute Gasteiger partial charge is 0.479 e. The van der Waals surface area contributed by atoms with E-state index in [1.54, 1.807) is 58.0 Å². The van der Waals surface area contributed by atoms with Crippen LogP contribution in [0.25, 0.3) is 0 Å². The molecule has 0 amide bonds. The number of aryl methyl sites for hydroxylation is 1. The van der Waals surface area contributed by atoms with E-state index in [0.717, 1.165) is 5.56 Å². The van der Waals surface area contributed by atoms with Gasteiger partial charge in [-0.1, -0.05) is 12.1 Å². The lowest BCUT2D eigenvalue weighted by atomic mass is 10.2. The van der Waals surface area contributed by atoms with Crippen molar-refractivity contribution in [2.75, 3.05) is 0 Å². The molecule has 1 aromatic rings. The lowest BCUT2D eigenvalue weighted by Gasteiger charge is -2.60. The Kier molecular flexibility index (Phi) is 6.78. The van der Waals surface area contributed by atoms with Crippen LogP contribution in [-0.2, 0) is 64.9 Å². The molecule has 8 bridgehead atoms. The quantitative estimate of drug-likeness (QED) is 0.331. The Morgan fingerprint density at radius 1 is 0.538 bits per heavy atom. The van der Waals surface area contributed by atoms with E-state index in [0.29, 0.717) is 6.42 Å². The molecule has 6 fully saturated rings. The molecule has 6 saturated heterocycles. The van der Waals surface area contributed by atoms with Crippen molar-refractivity contribution in [2.45, 2.75) is 63.2 Å². The summed E-state index contributed by atoms with van der Waals surface area (Å²) < 4.78 is 103. The van der Waals surface area contributed by atoms with E-state index in [1.807, 2.05) is 0 Å². The summed E-state index contributed by atoms with van der Waals surface area (Å²) in [6, 6.07) is 6.46. The van der Waals surface area contributed by atoms with Crippen LogP contribution in [0.3, 0.4) is 0 Å². The number of rotatable bonds is 4. The van der Waals surface area contributed by atoms with Crippen LogP contribution in [-0.4, -0.2) is 78.9 Å². The van der Waals surface area contributed by atoms with E-state index in [9.17, 15) is 8.42 Å². The first kappa shape index (κ1) is 29.8. The molecular weight excluding hydrogens is 696 g/mol. The molecule has 0 aliphatic carbocycles. The smallest absolute Gasteiger partial charge is 0.374 e. The Balaban J connectivity index is 1.45. The van der Waals surface area contributed by atoms with Crippen molar-refractivity contribution < 1.29 is 57.8 Å². The normalized spacial score (nSPS) is 51.1. The van der Waals surface area contributed by atoms with Gasteiger partial charge in [-0.3, -0.25) is 0 Å². The van der Waals surface area contributed by atoms with Crippen molar-refractivity contribution in [2.24, 2.45) is 0 Å². The summed E-state index contributed by atoms with van der Waals surface area (Å²) in [5.41, 5.74) is 0.801. The molecule has 218 valence electrons. The molecule has 0 saturated carbocycles. The highest BCUT2D eigenvalue weighted by Gasteiger charge is 2.78. The van der Waals surface area contributed by atoms with Gasteiger partial charge < -0.3 is 49.4 Å². The van der Waals surface area contributed by atoms with Crippen molar-refractivity contribution in [1.82, 2.24) is 0 Å². The average molecular weight is 726 g/mol. The fourth-order valence-electron chi connectivity index (χ4n) is 5.65. The zero-order chi connectivity index (χ0) is 28.4. The summed E-state index contributed by atoms with van der Waals surface area (Å²) in [6.45, 7) is 12.0. The van der Waals surface area contributed by atoms with Crippen LogP contribution in [0.1, 0.15) is 5.56 Å². The molecule has 24 heteroatoms. The molecule has 0 spiro atoms. The molecule has 1 aromatic carbocycles. The Hall–Kier alpha value is 0.715. The van der Waals surface area contributed by atoms with E-state index < -0.39 is 79.5 Å². The molecule has 0 aromatic heterocycles. The van der Waals surface area contributed by atoms with Crippen LogP contribution in [0.2, 0.25) is 51.9 Å². The second-order valence-electron chi connectivity index (χ2n) is 10.5. The Morgan fingerprint density at radius 3 is 1.10 bits per heavy atom. The highest BCUT2D eigenvalue weighted by Crippen LogP contribution is 2.48. The summed E-state index contributed by atoms with van der Waals surface area (Å²) in [4.78, 5) is 0.000862. The minimum absolute atomic E-state index is 0.000862. The van der Waals surface area contributed by atoms with Crippen LogP contribution in [0.15, 0.2) is 29.2 Å². The zero-order valence-electron chi connectivity index (χ0n) is 22.2. The van der Waals surface area contributed by atoms with Gasteiger partial charge in [0.25, 0.3) is 9.05 Å². The van der Waals surface area contributed by atoms with Gasteiger partial charge >= 0.3 is 70.4 Å². The summed E-state index contributed by atoms with van der Waals surface area (Å²) >= 11 is 0. The monoisotopic (exact) mass is 724 g/mol. The molecule has 39 heavy (non-hydrogen) atoms. The van der Waals surface area contributed by atoms with E-state index >= 15 is 0 Å². The maximum atomic E-state index is 11.7. The Labute approximate surface area is 239 Å². The molecule has 7 rings (SSSR count). The Morgan fingerprint density at radius 2 is 0.821 bits per heavy atom. The second-order valence-corrected chi connectivity index (χ2v) is 36.8. The van der Waals surface area contributed by atoms with Gasteiger partial charge in [-0.05, 0) is 24.1 Å². The molecular formula is C15H29ClO14SSi8. The van der Waals surface area contributed by atoms with E-state index in [2.05, 4.69) is 0 Å². The summed E-state index contributed by atoms with van der Waals surface area (Å²) in [5.74, 6) is 0. The first-order valence-electron chi connectivity index (χ1n) is 12.1. The van der Waals surface area contributed by atoms with Crippen LogP contribution in [0.5, 0.6) is 0 Å². The summed E-state index contributed by atoms with van der Waals surface area (Å²) in [7, 11) is -27.4. The second kappa shape index (κ2) is 8.89. The van der Waals surface area contributed by atoms with E-state index in [1.165, 1.54) is 12.1 Å². The van der Waals surface area contributed by atoms with Gasteiger partial charge in [0, 0.05) is 62.6 Å². The number of hydrogen-bond donors (Lipinski definition) is 0. The van der Waals surface area contributed by atoms with Gasteiger partial charge in [-0.25, -0.2) is 8.42 Å². The van der Waals surface area contributed by atoms with Crippen molar-refractivity contribution in [3.05, 3.63) is 29.8 Å². The summed E-state index contributed by atoms with van der Waals surface area (Å²) in [6.07, 6.45) is 0.390. The number of halogens is 1. The third-order valence-corrected chi connectivity index (χ3v) is 43.4. The third-order valence-electron chi connectivity index (χ3n) is 6.28. The highest BCUT2D eigenvalue weighted by molar-refractivity contribution is 8.13. The first-order chi connectivity index (χ1) is 17.7. The standard InChI is InChI=1S/C15H29ClO14SSi8/c1-32-19-33(2)22-36(5)24-34(3,20-32)26-38(7)27-35(4,21-32)25-37(6,23-33)29-39(28-36,30-38)13-12-14-8-10-15(11-9-14)31(16,17)18/h8-11H,12-13H2,1-7H3. The molecule has 6 aliphatic heterocycles. The van der Waals surface area contributed by atoms with E-state index in [4.69, 9.17) is 60.1 Å². The molecule has 0 N–H and O–H groups in total. The van der Waals surface area contributed by atoms with Crippen molar-refractivity contribution in [3.63, 3.8) is 0 Å². The fraction of sp³-hybridized carbons (Fsp3) is 0.600. The zero-order valence-corrected chi connectivity index (χ0v) is 31.8. The highest BCUT2D eigenvalue weighted by atomic mass is 35.7. The van der Waals surface area contributed by atoms with Gasteiger partial charge in [0.1, 0.15) is 0 Å². The predicted molar refractivity (Wildman–Crippen MR) is 148 cm³/mol. The molecule has 6 aliphatic rings. The first-order valence-corrected chi connectivity index (χ1v) is 31.9. The summed E-state index contributed by atoms with van der Waals surface area (Å²) in [5, 5.41) is 0. The van der Waals surface area contributed by atoms with Gasteiger partial charge in [-0.15, -0.1) is 0 Å². The SMILES string of the molecule is C[Si]12O[Si]3(C)O[Si]4(C)O[Si](C)(O1)O[Si]1(C)O[Si](C)(O2)O[Si](C)(O3)O[Si](CCc2ccc(S(=O)(=O)Cl)cc2)(O4)O1.